The van der Waals surface area contributed by atoms with Crippen LogP contribution in [0.1, 0.15) is 40.7 Å². The molecule has 2 aromatic carbocycles. The van der Waals surface area contributed by atoms with Crippen LogP contribution in [-0.2, 0) is 0 Å². The first-order valence-electron chi connectivity index (χ1n) is 8.15. The molecule has 2 N–H and O–H groups in total. The number of nitro groups is 1. The van der Waals surface area contributed by atoms with Gasteiger partial charge in [-0.15, -0.1) is 0 Å². The number of aliphatic hydroxyl groups excluding tert-OH is 1. The van der Waals surface area contributed by atoms with Crippen LogP contribution >= 0.6 is 0 Å². The van der Waals surface area contributed by atoms with Crippen molar-refractivity contribution in [3.05, 3.63) is 75.3 Å². The van der Waals surface area contributed by atoms with Crippen LogP contribution in [0, 0.1) is 17.0 Å². The van der Waals surface area contributed by atoms with Crippen LogP contribution in [-0.4, -0.2) is 28.6 Å². The van der Waals surface area contributed by atoms with Crippen LogP contribution in [0.5, 0.6) is 0 Å². The summed E-state index contributed by atoms with van der Waals surface area (Å²) in [6.45, 7) is 3.62. The Morgan fingerprint density at radius 2 is 1.88 bits per heavy atom. The smallest absolute Gasteiger partial charge is 0.273 e. The largest absolute Gasteiger partial charge is 0.393 e. The molecule has 0 fully saturated rings. The van der Waals surface area contributed by atoms with E-state index in [-0.39, 0.29) is 23.1 Å². The number of benzene rings is 2. The zero-order valence-electron chi connectivity index (χ0n) is 14.3. The lowest BCUT2D eigenvalue weighted by molar-refractivity contribution is -0.385. The van der Waals surface area contributed by atoms with E-state index in [0.717, 1.165) is 5.56 Å². The molecule has 0 spiro atoms. The second-order valence-electron chi connectivity index (χ2n) is 6.11. The number of hydrogen-bond donors (Lipinski definition) is 2. The molecular weight excluding hydrogens is 320 g/mol. The molecule has 2 aromatic rings. The van der Waals surface area contributed by atoms with E-state index in [1.807, 2.05) is 30.3 Å². The molecule has 0 aromatic heterocycles. The molecule has 6 heteroatoms. The molecule has 6 nitrogen and oxygen atoms in total. The predicted molar refractivity (Wildman–Crippen MR) is 95.6 cm³/mol. The zero-order valence-corrected chi connectivity index (χ0v) is 14.3. The minimum atomic E-state index is -0.498. The van der Waals surface area contributed by atoms with E-state index < -0.39 is 11.0 Å². The molecule has 0 heterocycles. The first-order valence-corrected chi connectivity index (χ1v) is 8.15. The van der Waals surface area contributed by atoms with Gasteiger partial charge in [0.15, 0.2) is 0 Å². The summed E-state index contributed by atoms with van der Waals surface area (Å²) in [4.78, 5) is 23.0. The van der Waals surface area contributed by atoms with Crippen LogP contribution < -0.4 is 5.32 Å². The van der Waals surface area contributed by atoms with E-state index in [0.29, 0.717) is 18.5 Å². The summed E-state index contributed by atoms with van der Waals surface area (Å²) in [6.07, 6.45) is 0.0137. The topological polar surface area (TPSA) is 92.5 Å². The quantitative estimate of drug-likeness (QED) is 0.597. The molecule has 2 atom stereocenters. The van der Waals surface area contributed by atoms with Gasteiger partial charge in [0.25, 0.3) is 11.6 Å². The van der Waals surface area contributed by atoms with Gasteiger partial charge in [-0.1, -0.05) is 36.4 Å². The third kappa shape index (κ3) is 4.87. The van der Waals surface area contributed by atoms with Crippen molar-refractivity contribution in [1.29, 1.82) is 0 Å². The zero-order chi connectivity index (χ0) is 18.4. The highest BCUT2D eigenvalue weighted by Gasteiger charge is 2.20. The number of nitrogens with one attached hydrogen (secondary N) is 1. The average molecular weight is 342 g/mol. The maximum absolute atomic E-state index is 12.5. The molecule has 0 aliphatic heterocycles. The summed E-state index contributed by atoms with van der Waals surface area (Å²) in [5.74, 6) is -0.392. The Bertz CT molecular complexity index is 744. The fourth-order valence-electron chi connectivity index (χ4n) is 2.85. The number of carbonyl (C=O) groups is 1. The van der Waals surface area contributed by atoms with Crippen LogP contribution in [0.3, 0.4) is 0 Å². The lowest BCUT2D eigenvalue weighted by Crippen LogP contribution is -2.30. The van der Waals surface area contributed by atoms with Crippen molar-refractivity contribution in [2.75, 3.05) is 6.54 Å². The van der Waals surface area contributed by atoms with Crippen molar-refractivity contribution >= 4 is 11.6 Å². The van der Waals surface area contributed by atoms with Crippen molar-refractivity contribution < 1.29 is 14.8 Å². The molecule has 1 amide bonds. The fourth-order valence-corrected chi connectivity index (χ4v) is 2.85. The highest BCUT2D eigenvalue weighted by molar-refractivity contribution is 5.96. The van der Waals surface area contributed by atoms with Crippen LogP contribution in [0.15, 0.2) is 48.5 Å². The van der Waals surface area contributed by atoms with E-state index in [4.69, 9.17) is 0 Å². The molecule has 0 radical (unpaired) electrons. The third-order valence-electron chi connectivity index (χ3n) is 4.15. The van der Waals surface area contributed by atoms with Crippen molar-refractivity contribution in [3.63, 3.8) is 0 Å². The molecule has 25 heavy (non-hydrogen) atoms. The van der Waals surface area contributed by atoms with Crippen molar-refractivity contribution in [2.45, 2.75) is 32.3 Å². The first kappa shape index (κ1) is 18.6. The van der Waals surface area contributed by atoms with Crippen molar-refractivity contribution in [2.24, 2.45) is 0 Å². The number of amides is 1. The van der Waals surface area contributed by atoms with Gasteiger partial charge in [-0.25, -0.2) is 0 Å². The Morgan fingerprint density at radius 1 is 1.20 bits per heavy atom. The Morgan fingerprint density at radius 3 is 2.48 bits per heavy atom. The molecule has 0 bridgehead atoms. The molecule has 0 aliphatic rings. The maximum Gasteiger partial charge on any atom is 0.273 e. The molecule has 0 saturated heterocycles. The Balaban J connectivity index is 2.14. The molecule has 0 saturated carbocycles. The average Bonchev–Trinajstić information content (AvgIpc) is 2.58. The van der Waals surface area contributed by atoms with E-state index in [1.54, 1.807) is 19.9 Å². The van der Waals surface area contributed by atoms with E-state index in [1.165, 1.54) is 12.1 Å². The fraction of sp³-hybridized carbons (Fsp3) is 0.316. The van der Waals surface area contributed by atoms with Gasteiger partial charge in [0.1, 0.15) is 0 Å². The minimum Gasteiger partial charge on any atom is -0.393 e. The molecule has 2 rings (SSSR count). The monoisotopic (exact) mass is 342 g/mol. The van der Waals surface area contributed by atoms with Gasteiger partial charge >= 0.3 is 0 Å². The maximum atomic E-state index is 12.5. The third-order valence-corrected chi connectivity index (χ3v) is 4.15. The van der Waals surface area contributed by atoms with E-state index >= 15 is 0 Å². The SMILES string of the molecule is Cc1c(C(=O)NCC(CC(C)O)c2ccccc2)cccc1[N+](=O)[O-]. The van der Waals surface area contributed by atoms with E-state index in [9.17, 15) is 20.0 Å². The highest BCUT2D eigenvalue weighted by atomic mass is 16.6. The van der Waals surface area contributed by atoms with Gasteiger partial charge in [-0.05, 0) is 31.9 Å². The summed E-state index contributed by atoms with van der Waals surface area (Å²) >= 11 is 0. The highest BCUT2D eigenvalue weighted by Crippen LogP contribution is 2.23. The Hall–Kier alpha value is -2.73. The lowest BCUT2D eigenvalue weighted by Gasteiger charge is -2.20. The van der Waals surface area contributed by atoms with Crippen LogP contribution in [0.2, 0.25) is 0 Å². The van der Waals surface area contributed by atoms with Crippen LogP contribution in [0.25, 0.3) is 0 Å². The summed E-state index contributed by atoms with van der Waals surface area (Å²) in [5.41, 5.74) is 1.59. The second kappa shape index (κ2) is 8.39. The van der Waals surface area contributed by atoms with Crippen molar-refractivity contribution in [3.8, 4) is 0 Å². The summed E-state index contributed by atoms with van der Waals surface area (Å²) in [7, 11) is 0. The van der Waals surface area contributed by atoms with Gasteiger partial charge < -0.3 is 10.4 Å². The summed E-state index contributed by atoms with van der Waals surface area (Å²) < 4.78 is 0. The molecular formula is C19H22N2O4. The number of hydrogen-bond acceptors (Lipinski definition) is 4. The number of aliphatic hydroxyl groups is 1. The molecule has 132 valence electrons. The van der Waals surface area contributed by atoms with Gasteiger partial charge in [0, 0.05) is 29.7 Å². The summed E-state index contributed by atoms with van der Waals surface area (Å²) in [6, 6.07) is 14.1. The van der Waals surface area contributed by atoms with Gasteiger partial charge in [-0.2, -0.15) is 0 Å². The Kier molecular flexibility index (Phi) is 6.25. The number of nitro benzene ring substituents is 1. The van der Waals surface area contributed by atoms with Crippen LogP contribution in [0.4, 0.5) is 5.69 Å². The lowest BCUT2D eigenvalue weighted by atomic mass is 9.93. The predicted octanol–water partition coefficient (Wildman–Crippen LogP) is 3.19. The number of nitrogens with zero attached hydrogens (tertiary/aromatic N) is 1. The minimum absolute atomic E-state index is 0.0378. The Labute approximate surface area is 146 Å². The van der Waals surface area contributed by atoms with Crippen molar-refractivity contribution in [1.82, 2.24) is 5.32 Å². The molecule has 0 aliphatic carbocycles. The summed E-state index contributed by atoms with van der Waals surface area (Å²) in [5, 5.41) is 23.6. The molecule has 2 unspecified atom stereocenters. The van der Waals surface area contributed by atoms with Gasteiger partial charge in [0.2, 0.25) is 0 Å². The standard InChI is InChI=1S/C19H22N2O4/c1-13(22)11-16(15-7-4-3-5-8-15)12-20-19(23)17-9-6-10-18(14(17)2)21(24)25/h3-10,13,16,22H,11-12H2,1-2H3,(H,20,23). The number of carbonyl (C=O) groups excluding carboxylic acids is 1. The first-order chi connectivity index (χ1) is 11.9. The van der Waals surface area contributed by atoms with E-state index in [2.05, 4.69) is 5.32 Å². The van der Waals surface area contributed by atoms with Gasteiger partial charge in [0.05, 0.1) is 11.0 Å². The normalized spacial score (nSPS) is 13.1. The number of rotatable bonds is 7. The second-order valence-corrected chi connectivity index (χ2v) is 6.11. The van der Waals surface area contributed by atoms with Gasteiger partial charge in [-0.3, -0.25) is 14.9 Å².